The number of esters is 1. The fraction of sp³-hybridized carbons (Fsp3) is 0.438. The number of carboxylic acid groups (broad SMARTS) is 1. The predicted molar refractivity (Wildman–Crippen MR) is 162 cm³/mol. The molecule has 0 spiro atoms. The molecule has 0 amide bonds. The first-order valence-corrected chi connectivity index (χ1v) is 15.3. The van der Waals surface area contributed by atoms with E-state index < -0.39 is 5.97 Å². The summed E-state index contributed by atoms with van der Waals surface area (Å²) in [5.74, 6) is 2.26. The maximum atomic E-state index is 11.6. The SMILES string of the molecule is CCOC(=O)c1cn(Cc2ccc(N3CC4CC4C3)cn2)cn1.O=C(O)c1cn(Cc2ccc(N3CC4CC4C3)cn2)cn1. The minimum absolute atomic E-state index is 0.0583. The van der Waals surface area contributed by atoms with Gasteiger partial charge in [-0.2, -0.15) is 0 Å². The van der Waals surface area contributed by atoms with Crippen LogP contribution in [-0.2, 0) is 17.8 Å². The van der Waals surface area contributed by atoms with E-state index in [-0.39, 0.29) is 11.7 Å². The summed E-state index contributed by atoms with van der Waals surface area (Å²) in [5.41, 5.74) is 4.63. The summed E-state index contributed by atoms with van der Waals surface area (Å²) in [6, 6.07) is 8.28. The van der Waals surface area contributed by atoms with E-state index in [0.29, 0.717) is 25.4 Å². The second kappa shape index (κ2) is 11.7. The molecule has 4 aliphatic rings. The van der Waals surface area contributed by atoms with Gasteiger partial charge in [-0.3, -0.25) is 9.97 Å². The van der Waals surface area contributed by atoms with E-state index in [9.17, 15) is 9.59 Å². The van der Waals surface area contributed by atoms with Gasteiger partial charge in [0.2, 0.25) is 0 Å². The third-order valence-corrected chi connectivity index (χ3v) is 8.97. The van der Waals surface area contributed by atoms with Crippen LogP contribution in [0.3, 0.4) is 0 Å². The van der Waals surface area contributed by atoms with Crippen LogP contribution in [0.15, 0.2) is 61.7 Å². The Balaban J connectivity index is 0.000000143. The number of carbonyl (C=O) groups excluding carboxylic acids is 1. The van der Waals surface area contributed by atoms with E-state index in [0.717, 1.165) is 48.1 Å². The molecule has 8 rings (SSSR count). The molecular weight excluding hydrogens is 560 g/mol. The second-order valence-corrected chi connectivity index (χ2v) is 12.2. The zero-order valence-corrected chi connectivity index (χ0v) is 24.7. The van der Waals surface area contributed by atoms with Gasteiger partial charge in [-0.25, -0.2) is 19.6 Å². The third kappa shape index (κ3) is 6.29. The number of imidazole rings is 2. The largest absolute Gasteiger partial charge is 0.476 e. The molecule has 4 aromatic heterocycles. The summed E-state index contributed by atoms with van der Waals surface area (Å²) < 4.78 is 8.52. The normalized spacial score (nSPS) is 22.6. The Labute approximate surface area is 255 Å². The van der Waals surface area contributed by atoms with Gasteiger partial charge in [0.25, 0.3) is 0 Å². The number of aromatic carboxylic acids is 1. The summed E-state index contributed by atoms with van der Waals surface area (Å²) in [6.45, 7) is 7.94. The number of rotatable bonds is 9. The molecule has 0 bridgehead atoms. The molecule has 12 heteroatoms. The van der Waals surface area contributed by atoms with Gasteiger partial charge < -0.3 is 28.8 Å². The predicted octanol–water partition coefficient (Wildman–Crippen LogP) is 3.44. The minimum Gasteiger partial charge on any atom is -0.476 e. The lowest BCUT2D eigenvalue weighted by Crippen LogP contribution is -2.21. The van der Waals surface area contributed by atoms with Crippen molar-refractivity contribution in [1.82, 2.24) is 29.1 Å². The first-order valence-electron chi connectivity index (χ1n) is 15.3. The Bertz CT molecular complexity index is 1610. The molecule has 2 aliphatic carbocycles. The number of carboxylic acids is 1. The Morgan fingerprint density at radius 2 is 1.23 bits per heavy atom. The Hall–Kier alpha value is -4.74. The molecule has 12 nitrogen and oxygen atoms in total. The Kier molecular flexibility index (Phi) is 7.49. The molecular formula is C32H36N8O4. The van der Waals surface area contributed by atoms with E-state index in [1.165, 1.54) is 49.8 Å². The van der Waals surface area contributed by atoms with Crippen LogP contribution in [0.2, 0.25) is 0 Å². The van der Waals surface area contributed by atoms with Crippen LogP contribution in [0, 0.1) is 23.7 Å². The van der Waals surface area contributed by atoms with Gasteiger partial charge in [0.1, 0.15) is 0 Å². The highest BCUT2D eigenvalue weighted by atomic mass is 16.5. The van der Waals surface area contributed by atoms with Crippen molar-refractivity contribution in [3.8, 4) is 0 Å². The van der Waals surface area contributed by atoms with Crippen molar-refractivity contribution in [3.05, 3.63) is 84.5 Å². The Morgan fingerprint density at radius 1 is 0.750 bits per heavy atom. The van der Waals surface area contributed by atoms with Gasteiger partial charge in [-0.05, 0) is 67.7 Å². The molecule has 0 aromatic carbocycles. The van der Waals surface area contributed by atoms with Gasteiger partial charge in [0.05, 0.1) is 67.5 Å². The summed E-state index contributed by atoms with van der Waals surface area (Å²) in [4.78, 5) is 44.2. The van der Waals surface area contributed by atoms with Crippen LogP contribution in [0.1, 0.15) is 52.1 Å². The number of piperidine rings is 2. The lowest BCUT2D eigenvalue weighted by molar-refractivity contribution is 0.0519. The molecule has 4 fully saturated rings. The van der Waals surface area contributed by atoms with Crippen molar-refractivity contribution in [3.63, 3.8) is 0 Å². The van der Waals surface area contributed by atoms with E-state index in [2.05, 4.69) is 41.9 Å². The Morgan fingerprint density at radius 3 is 1.64 bits per heavy atom. The number of hydrogen-bond donors (Lipinski definition) is 1. The van der Waals surface area contributed by atoms with Crippen LogP contribution >= 0.6 is 0 Å². The van der Waals surface area contributed by atoms with Crippen molar-refractivity contribution in [2.24, 2.45) is 23.7 Å². The first kappa shape index (κ1) is 28.1. The minimum atomic E-state index is -1.01. The van der Waals surface area contributed by atoms with Crippen LogP contribution in [-0.4, -0.2) is 78.9 Å². The maximum absolute atomic E-state index is 11.6. The summed E-state index contributed by atoms with van der Waals surface area (Å²) >= 11 is 0. The average molecular weight is 597 g/mol. The number of ether oxygens (including phenoxy) is 1. The van der Waals surface area contributed by atoms with Crippen LogP contribution in [0.4, 0.5) is 11.4 Å². The molecule has 4 unspecified atom stereocenters. The molecule has 1 N–H and O–H groups in total. The van der Waals surface area contributed by atoms with Crippen LogP contribution in [0.25, 0.3) is 0 Å². The van der Waals surface area contributed by atoms with Crippen molar-refractivity contribution in [2.45, 2.75) is 32.9 Å². The molecule has 0 radical (unpaired) electrons. The van der Waals surface area contributed by atoms with Crippen molar-refractivity contribution in [1.29, 1.82) is 0 Å². The zero-order chi connectivity index (χ0) is 30.2. The number of pyridine rings is 2. The van der Waals surface area contributed by atoms with E-state index >= 15 is 0 Å². The third-order valence-electron chi connectivity index (χ3n) is 8.97. The summed E-state index contributed by atoms with van der Waals surface area (Å²) in [7, 11) is 0. The fourth-order valence-corrected chi connectivity index (χ4v) is 6.30. The fourth-order valence-electron chi connectivity index (χ4n) is 6.30. The number of carbonyl (C=O) groups is 2. The average Bonchev–Trinajstić information content (AvgIpc) is 3.57. The molecule has 44 heavy (non-hydrogen) atoms. The van der Waals surface area contributed by atoms with Crippen molar-refractivity contribution < 1.29 is 19.4 Å². The van der Waals surface area contributed by atoms with Crippen LogP contribution in [0.5, 0.6) is 0 Å². The monoisotopic (exact) mass is 596 g/mol. The number of aromatic nitrogens is 6. The van der Waals surface area contributed by atoms with E-state index in [1.54, 1.807) is 24.0 Å². The first-order chi connectivity index (χ1) is 21.4. The molecule has 2 aliphatic heterocycles. The van der Waals surface area contributed by atoms with Gasteiger partial charge in [0, 0.05) is 38.6 Å². The lowest BCUT2D eigenvalue weighted by atomic mass is 10.3. The second-order valence-electron chi connectivity index (χ2n) is 12.2. The number of nitrogens with zero attached hydrogens (tertiary/aromatic N) is 8. The summed E-state index contributed by atoms with van der Waals surface area (Å²) in [6.07, 6.45) is 13.0. The molecule has 4 aromatic rings. The zero-order valence-electron chi connectivity index (χ0n) is 24.7. The smallest absolute Gasteiger partial charge is 0.358 e. The van der Waals surface area contributed by atoms with Crippen molar-refractivity contribution >= 4 is 23.3 Å². The van der Waals surface area contributed by atoms with Gasteiger partial charge in [-0.1, -0.05) is 0 Å². The maximum Gasteiger partial charge on any atom is 0.358 e. The number of hydrogen-bond acceptors (Lipinski definition) is 9. The quantitative estimate of drug-likeness (QED) is 0.287. The molecule has 2 saturated heterocycles. The summed E-state index contributed by atoms with van der Waals surface area (Å²) in [5, 5.41) is 8.85. The number of anilines is 2. The highest BCUT2D eigenvalue weighted by Crippen LogP contribution is 2.46. The van der Waals surface area contributed by atoms with Gasteiger partial charge >= 0.3 is 11.9 Å². The molecule has 2 saturated carbocycles. The van der Waals surface area contributed by atoms with Crippen LogP contribution < -0.4 is 9.80 Å². The van der Waals surface area contributed by atoms with E-state index in [1.807, 2.05) is 29.1 Å². The van der Waals surface area contributed by atoms with Gasteiger partial charge in [-0.15, -0.1) is 0 Å². The highest BCUT2D eigenvalue weighted by Gasteiger charge is 2.45. The lowest BCUT2D eigenvalue weighted by Gasteiger charge is -2.19. The topological polar surface area (TPSA) is 132 Å². The standard InChI is InChI=1S/C17H20N4O2.C15H16N4O2/c1-2-23-17(22)16-10-20(11-19-16)9-14-3-4-15(6-18-14)21-7-12-5-13(12)8-21;20-15(21)14-8-18(9-17-14)7-12-1-2-13(4-16-12)19-5-10-3-11(10)6-19/h3-4,6,10-13H,2,5,7-9H2,1H3;1-2,4,8-11H,3,5-7H2,(H,20,21). The van der Waals surface area contributed by atoms with Gasteiger partial charge in [0.15, 0.2) is 11.4 Å². The molecule has 228 valence electrons. The molecule has 6 heterocycles. The highest BCUT2D eigenvalue weighted by molar-refractivity contribution is 5.86. The van der Waals surface area contributed by atoms with Crippen molar-refractivity contribution in [2.75, 3.05) is 42.6 Å². The van der Waals surface area contributed by atoms with E-state index in [4.69, 9.17) is 9.84 Å². The molecule has 4 atom stereocenters. The number of fused-ring (bicyclic) bond motifs is 2.